The molecule has 2 rings (SSSR count). The first-order valence-corrected chi connectivity index (χ1v) is 7.81. The quantitative estimate of drug-likeness (QED) is 0.787. The second-order valence-corrected chi connectivity index (χ2v) is 5.63. The summed E-state index contributed by atoms with van der Waals surface area (Å²) in [5.41, 5.74) is 0. The first-order chi connectivity index (χ1) is 8.35. The molecule has 0 N–H and O–H groups in total. The number of anilines is 1. The van der Waals surface area contributed by atoms with Crippen LogP contribution in [0.2, 0.25) is 0 Å². The Balaban J connectivity index is 2.10. The molecule has 3 nitrogen and oxygen atoms in total. The van der Waals surface area contributed by atoms with E-state index in [1.807, 2.05) is 0 Å². The molecule has 0 bridgehead atoms. The van der Waals surface area contributed by atoms with Gasteiger partial charge in [0.25, 0.3) is 0 Å². The van der Waals surface area contributed by atoms with Gasteiger partial charge in [0.15, 0.2) is 0 Å². The van der Waals surface area contributed by atoms with Crippen LogP contribution in [0.3, 0.4) is 0 Å². The van der Waals surface area contributed by atoms with Gasteiger partial charge in [-0.1, -0.05) is 19.8 Å². The fourth-order valence-corrected chi connectivity index (χ4v) is 3.41. The first-order valence-electron chi connectivity index (χ1n) is 6.50. The van der Waals surface area contributed by atoms with Crippen LogP contribution in [0.1, 0.15) is 44.9 Å². The molecule has 0 radical (unpaired) electrons. The molecule has 1 aromatic heterocycles. The smallest absolute Gasteiger partial charge is 0.205 e. The van der Waals surface area contributed by atoms with Crippen LogP contribution in [0.15, 0.2) is 0 Å². The maximum Gasteiger partial charge on any atom is 0.205 e. The lowest BCUT2D eigenvalue weighted by Gasteiger charge is -2.27. The fraction of sp³-hybridized carbons (Fsp3) is 0.833. The van der Waals surface area contributed by atoms with E-state index in [-0.39, 0.29) is 0 Å². The minimum absolute atomic E-state index is 0.446. The topological polar surface area (TPSA) is 29.0 Å². The molecule has 1 aliphatic heterocycles. The average Bonchev–Trinajstić information content (AvgIpc) is 2.66. The third-order valence-corrected chi connectivity index (χ3v) is 4.38. The van der Waals surface area contributed by atoms with Crippen LogP contribution in [0.5, 0.6) is 0 Å². The normalized spacial score (nSPS) is 21.5. The van der Waals surface area contributed by atoms with E-state index in [0.717, 1.165) is 30.3 Å². The summed E-state index contributed by atoms with van der Waals surface area (Å²) in [4.78, 5) is 7.01. The van der Waals surface area contributed by atoms with Crippen LogP contribution >= 0.6 is 23.1 Å². The van der Waals surface area contributed by atoms with Crippen molar-refractivity contribution in [1.29, 1.82) is 0 Å². The number of rotatable bonds is 4. The summed E-state index contributed by atoms with van der Waals surface area (Å²) in [5, 5.41) is 1.07. The maximum atomic E-state index is 6.08. The van der Waals surface area contributed by atoms with Gasteiger partial charge in [0.05, 0.1) is 0 Å². The molecule has 1 aliphatic rings. The number of aryl methyl sites for hydroxylation is 1. The number of halogens is 1. The molecule has 96 valence electrons. The van der Waals surface area contributed by atoms with E-state index in [2.05, 4.69) is 21.2 Å². The third kappa shape index (κ3) is 3.32. The van der Waals surface area contributed by atoms with E-state index < -0.39 is 0 Å². The van der Waals surface area contributed by atoms with Gasteiger partial charge in [-0.2, -0.15) is 4.37 Å². The number of aromatic nitrogens is 2. The van der Waals surface area contributed by atoms with Crippen molar-refractivity contribution in [2.45, 2.75) is 51.5 Å². The number of hydrogen-bond donors (Lipinski definition) is 0. The van der Waals surface area contributed by atoms with Crippen LogP contribution in [0.4, 0.5) is 5.13 Å². The Labute approximate surface area is 112 Å². The van der Waals surface area contributed by atoms with E-state index in [0.29, 0.717) is 11.9 Å². The van der Waals surface area contributed by atoms with E-state index in [4.69, 9.17) is 11.6 Å². The molecule has 0 amide bonds. The van der Waals surface area contributed by atoms with Crippen LogP contribution in [-0.2, 0) is 6.42 Å². The molecule has 0 aromatic carbocycles. The first kappa shape index (κ1) is 13.1. The monoisotopic (exact) mass is 273 g/mol. The molecule has 1 aromatic rings. The Kier molecular flexibility index (Phi) is 5.04. The van der Waals surface area contributed by atoms with Crippen LogP contribution in [0.25, 0.3) is 0 Å². The lowest BCUT2D eigenvalue weighted by Crippen LogP contribution is -2.36. The zero-order chi connectivity index (χ0) is 12.1. The van der Waals surface area contributed by atoms with Crippen molar-refractivity contribution in [2.75, 3.05) is 17.3 Å². The van der Waals surface area contributed by atoms with Gasteiger partial charge in [-0.3, -0.25) is 0 Å². The minimum Gasteiger partial charge on any atom is -0.343 e. The Hall–Kier alpha value is -0.350. The molecular weight excluding hydrogens is 254 g/mol. The Bertz CT molecular complexity index is 342. The molecule has 17 heavy (non-hydrogen) atoms. The van der Waals surface area contributed by atoms with E-state index >= 15 is 0 Å². The zero-order valence-electron chi connectivity index (χ0n) is 10.4. The standard InChI is InChI=1S/C12H20ClN3S/c1-2-6-11-14-12(17-15-11)16-8-5-3-4-7-10(16)9-13/h10H,2-9H2,1H3. The molecule has 0 spiro atoms. The maximum absolute atomic E-state index is 6.08. The molecule has 1 unspecified atom stereocenters. The minimum atomic E-state index is 0.446. The van der Waals surface area contributed by atoms with Crippen LogP contribution < -0.4 is 4.90 Å². The predicted octanol–water partition coefficient (Wildman–Crippen LogP) is 3.48. The Morgan fingerprint density at radius 3 is 3.06 bits per heavy atom. The van der Waals surface area contributed by atoms with Gasteiger partial charge >= 0.3 is 0 Å². The number of alkyl halides is 1. The summed E-state index contributed by atoms with van der Waals surface area (Å²) in [6, 6.07) is 0.446. The highest BCUT2D eigenvalue weighted by Gasteiger charge is 2.23. The molecule has 0 saturated carbocycles. The summed E-state index contributed by atoms with van der Waals surface area (Å²) in [7, 11) is 0. The lowest BCUT2D eigenvalue weighted by atomic mass is 10.1. The van der Waals surface area contributed by atoms with Gasteiger partial charge in [0, 0.05) is 36.4 Å². The Morgan fingerprint density at radius 2 is 2.29 bits per heavy atom. The van der Waals surface area contributed by atoms with Crippen molar-refractivity contribution >= 4 is 28.3 Å². The van der Waals surface area contributed by atoms with Gasteiger partial charge < -0.3 is 4.90 Å². The van der Waals surface area contributed by atoms with Crippen molar-refractivity contribution in [3.63, 3.8) is 0 Å². The van der Waals surface area contributed by atoms with Gasteiger partial charge in [-0.05, 0) is 19.3 Å². The summed E-state index contributed by atoms with van der Waals surface area (Å²) >= 11 is 7.61. The van der Waals surface area contributed by atoms with Crippen molar-refractivity contribution < 1.29 is 0 Å². The van der Waals surface area contributed by atoms with Crippen molar-refractivity contribution in [3.8, 4) is 0 Å². The SMILES string of the molecule is CCCc1nsc(N2CCCCCC2CCl)n1. The molecular formula is C12H20ClN3S. The molecule has 1 atom stereocenters. The molecule has 5 heteroatoms. The molecule has 0 aliphatic carbocycles. The lowest BCUT2D eigenvalue weighted by molar-refractivity contribution is 0.619. The van der Waals surface area contributed by atoms with Gasteiger partial charge in [0.1, 0.15) is 5.82 Å². The average molecular weight is 274 g/mol. The second-order valence-electron chi connectivity index (χ2n) is 4.59. The van der Waals surface area contributed by atoms with E-state index in [1.54, 1.807) is 0 Å². The van der Waals surface area contributed by atoms with E-state index in [1.165, 1.54) is 37.2 Å². The summed E-state index contributed by atoms with van der Waals surface area (Å²) in [6.07, 6.45) is 7.12. The highest BCUT2D eigenvalue weighted by atomic mass is 35.5. The summed E-state index contributed by atoms with van der Waals surface area (Å²) in [5.74, 6) is 1.69. The van der Waals surface area contributed by atoms with Crippen molar-refractivity contribution in [2.24, 2.45) is 0 Å². The summed E-state index contributed by atoms with van der Waals surface area (Å²) < 4.78 is 4.43. The molecule has 2 heterocycles. The molecule has 1 fully saturated rings. The van der Waals surface area contributed by atoms with Crippen LogP contribution in [0, 0.1) is 0 Å². The predicted molar refractivity (Wildman–Crippen MR) is 74.2 cm³/mol. The largest absolute Gasteiger partial charge is 0.343 e. The highest BCUT2D eigenvalue weighted by molar-refractivity contribution is 7.09. The molecule has 1 saturated heterocycles. The summed E-state index contributed by atoms with van der Waals surface area (Å²) in [6.45, 7) is 3.24. The van der Waals surface area contributed by atoms with Crippen LogP contribution in [-0.4, -0.2) is 27.8 Å². The third-order valence-electron chi connectivity index (χ3n) is 3.23. The number of nitrogens with zero attached hydrogens (tertiary/aromatic N) is 3. The number of hydrogen-bond acceptors (Lipinski definition) is 4. The van der Waals surface area contributed by atoms with Crippen molar-refractivity contribution in [3.05, 3.63) is 5.82 Å². The van der Waals surface area contributed by atoms with Gasteiger partial charge in [0.2, 0.25) is 5.13 Å². The van der Waals surface area contributed by atoms with Gasteiger partial charge in [-0.15, -0.1) is 11.6 Å². The Morgan fingerprint density at radius 1 is 1.41 bits per heavy atom. The van der Waals surface area contributed by atoms with E-state index in [9.17, 15) is 0 Å². The fourth-order valence-electron chi connectivity index (χ4n) is 2.28. The van der Waals surface area contributed by atoms with Gasteiger partial charge in [-0.25, -0.2) is 4.98 Å². The van der Waals surface area contributed by atoms with Crippen molar-refractivity contribution in [1.82, 2.24) is 9.36 Å². The zero-order valence-corrected chi connectivity index (χ0v) is 11.9. The highest BCUT2D eigenvalue weighted by Crippen LogP contribution is 2.26. The second kappa shape index (κ2) is 6.55.